The van der Waals surface area contributed by atoms with Crippen molar-refractivity contribution in [2.45, 2.75) is 18.9 Å². The van der Waals surface area contributed by atoms with Gasteiger partial charge in [0.2, 0.25) is 0 Å². The molecule has 0 N–H and O–H groups in total. The van der Waals surface area contributed by atoms with E-state index in [-0.39, 0.29) is 0 Å². The summed E-state index contributed by atoms with van der Waals surface area (Å²) in [6.07, 6.45) is 9.60. The van der Waals surface area contributed by atoms with Crippen molar-refractivity contribution in [1.82, 2.24) is 19.9 Å². The topological polar surface area (TPSA) is 54.8 Å². The molecule has 1 aliphatic rings. The van der Waals surface area contributed by atoms with Crippen molar-refractivity contribution >= 4 is 16.7 Å². The zero-order valence-electron chi connectivity index (χ0n) is 14.9. The van der Waals surface area contributed by atoms with E-state index in [4.69, 9.17) is 9.97 Å². The van der Waals surface area contributed by atoms with Gasteiger partial charge in [-0.05, 0) is 48.7 Å². The first kappa shape index (κ1) is 15.9. The predicted octanol–water partition coefficient (Wildman–Crippen LogP) is 4.43. The van der Waals surface area contributed by atoms with Gasteiger partial charge in [0.1, 0.15) is 5.82 Å². The zero-order chi connectivity index (χ0) is 18.1. The number of hydrogen-bond acceptors (Lipinski definition) is 5. The average molecular weight is 353 g/mol. The Kier molecular flexibility index (Phi) is 3.98. The van der Waals surface area contributed by atoms with Crippen LogP contribution in [0.1, 0.15) is 24.4 Å². The number of benzene rings is 1. The van der Waals surface area contributed by atoms with Crippen LogP contribution in [0.3, 0.4) is 0 Å². The molecule has 0 bridgehead atoms. The van der Waals surface area contributed by atoms with Gasteiger partial charge in [0.25, 0.3) is 0 Å². The molecule has 0 saturated carbocycles. The van der Waals surface area contributed by atoms with Crippen LogP contribution in [0.2, 0.25) is 0 Å². The molecule has 0 aliphatic carbocycles. The molecule has 1 atom stereocenters. The molecule has 27 heavy (non-hydrogen) atoms. The van der Waals surface area contributed by atoms with Gasteiger partial charge in [-0.2, -0.15) is 0 Å². The molecule has 4 heterocycles. The van der Waals surface area contributed by atoms with Crippen LogP contribution >= 0.6 is 0 Å². The minimum absolute atomic E-state index is 0.294. The Hall–Kier alpha value is -3.34. The number of fused-ring (bicyclic) bond motifs is 1. The summed E-state index contributed by atoms with van der Waals surface area (Å²) in [4.78, 5) is 20.6. The summed E-state index contributed by atoms with van der Waals surface area (Å²) >= 11 is 0. The molecular weight excluding hydrogens is 334 g/mol. The van der Waals surface area contributed by atoms with Crippen LogP contribution in [0.5, 0.6) is 0 Å². The Morgan fingerprint density at radius 3 is 2.59 bits per heavy atom. The molecule has 1 unspecified atom stereocenters. The Labute approximate surface area is 157 Å². The second-order valence-corrected chi connectivity index (χ2v) is 6.76. The molecule has 5 nitrogen and oxygen atoms in total. The molecule has 3 aromatic heterocycles. The Bertz CT molecular complexity index is 1070. The van der Waals surface area contributed by atoms with Gasteiger partial charge in [-0.15, -0.1) is 0 Å². The lowest BCUT2D eigenvalue weighted by molar-refractivity contribution is 0.710. The number of nitrogens with zero attached hydrogens (tertiary/aromatic N) is 5. The lowest BCUT2D eigenvalue weighted by atomic mass is 10.1. The van der Waals surface area contributed by atoms with Gasteiger partial charge in [0, 0.05) is 42.3 Å². The van der Waals surface area contributed by atoms with E-state index < -0.39 is 0 Å². The summed E-state index contributed by atoms with van der Waals surface area (Å²) in [5, 5.41) is 1.09. The fourth-order valence-electron chi connectivity index (χ4n) is 3.85. The van der Waals surface area contributed by atoms with Crippen molar-refractivity contribution in [3.05, 3.63) is 78.9 Å². The fraction of sp³-hybridized carbons (Fsp3) is 0.182. The summed E-state index contributed by atoms with van der Waals surface area (Å²) in [5.41, 5.74) is 3.18. The van der Waals surface area contributed by atoms with Crippen molar-refractivity contribution in [3.8, 4) is 11.4 Å². The number of pyridine rings is 2. The molecule has 1 saturated heterocycles. The van der Waals surface area contributed by atoms with E-state index in [1.165, 1.54) is 5.56 Å². The minimum atomic E-state index is 0.294. The van der Waals surface area contributed by atoms with Crippen LogP contribution in [-0.2, 0) is 0 Å². The molecule has 5 heteroatoms. The van der Waals surface area contributed by atoms with E-state index in [2.05, 4.69) is 39.1 Å². The van der Waals surface area contributed by atoms with Crippen LogP contribution < -0.4 is 4.90 Å². The van der Waals surface area contributed by atoms with Gasteiger partial charge >= 0.3 is 0 Å². The molecule has 4 aromatic rings. The maximum absolute atomic E-state index is 5.00. The number of anilines is 1. The van der Waals surface area contributed by atoms with Crippen LogP contribution in [0.4, 0.5) is 5.82 Å². The maximum atomic E-state index is 5.00. The van der Waals surface area contributed by atoms with Gasteiger partial charge in [-0.25, -0.2) is 9.97 Å². The molecule has 0 spiro atoms. The van der Waals surface area contributed by atoms with Crippen molar-refractivity contribution in [2.24, 2.45) is 0 Å². The minimum Gasteiger partial charge on any atom is -0.349 e. The van der Waals surface area contributed by atoms with E-state index in [1.807, 2.05) is 36.7 Å². The molecule has 1 fully saturated rings. The third kappa shape index (κ3) is 2.91. The summed E-state index contributed by atoms with van der Waals surface area (Å²) in [6, 6.07) is 16.6. The molecule has 1 aromatic carbocycles. The van der Waals surface area contributed by atoms with Gasteiger partial charge < -0.3 is 4.90 Å². The van der Waals surface area contributed by atoms with Crippen molar-refractivity contribution < 1.29 is 0 Å². The SMILES string of the molecule is c1cncc(C2CCCN2c2nc(-c3ccncc3)nc3ccccc23)c1. The quantitative estimate of drug-likeness (QED) is 0.545. The molecule has 132 valence electrons. The standard InChI is InChI=1S/C22H19N5/c1-2-7-19-18(6-1)22(26-21(25-19)16-9-12-23-13-10-16)27-14-4-8-20(27)17-5-3-11-24-15-17/h1-3,5-7,9-13,15,20H,4,8,14H2. The molecular formula is C22H19N5. The fourth-order valence-corrected chi connectivity index (χ4v) is 3.85. The van der Waals surface area contributed by atoms with E-state index in [9.17, 15) is 0 Å². The van der Waals surface area contributed by atoms with Crippen LogP contribution in [0.25, 0.3) is 22.3 Å². The monoisotopic (exact) mass is 353 g/mol. The number of aromatic nitrogens is 4. The summed E-state index contributed by atoms with van der Waals surface area (Å²) in [7, 11) is 0. The first-order valence-corrected chi connectivity index (χ1v) is 9.24. The van der Waals surface area contributed by atoms with Crippen molar-refractivity contribution in [3.63, 3.8) is 0 Å². The Balaban J connectivity index is 1.67. The predicted molar refractivity (Wildman–Crippen MR) is 106 cm³/mol. The third-order valence-corrected chi connectivity index (χ3v) is 5.12. The lowest BCUT2D eigenvalue weighted by Crippen LogP contribution is -2.24. The van der Waals surface area contributed by atoms with Gasteiger partial charge in [-0.3, -0.25) is 9.97 Å². The summed E-state index contributed by atoms with van der Waals surface area (Å²) in [5.74, 6) is 1.74. The third-order valence-electron chi connectivity index (χ3n) is 5.12. The first-order chi connectivity index (χ1) is 13.4. The van der Waals surface area contributed by atoms with Crippen LogP contribution in [-0.4, -0.2) is 26.5 Å². The Morgan fingerprint density at radius 1 is 0.852 bits per heavy atom. The average Bonchev–Trinajstić information content (AvgIpc) is 3.24. The number of hydrogen-bond donors (Lipinski definition) is 0. The normalized spacial score (nSPS) is 16.7. The molecule has 5 rings (SSSR count). The molecule has 1 aliphatic heterocycles. The van der Waals surface area contributed by atoms with E-state index in [1.54, 1.807) is 12.4 Å². The lowest BCUT2D eigenvalue weighted by Gasteiger charge is -2.27. The Morgan fingerprint density at radius 2 is 1.74 bits per heavy atom. The highest BCUT2D eigenvalue weighted by Crippen LogP contribution is 2.38. The van der Waals surface area contributed by atoms with Gasteiger partial charge in [0.15, 0.2) is 5.82 Å². The first-order valence-electron chi connectivity index (χ1n) is 9.24. The van der Waals surface area contributed by atoms with Crippen LogP contribution in [0, 0.1) is 0 Å². The largest absolute Gasteiger partial charge is 0.349 e. The van der Waals surface area contributed by atoms with E-state index >= 15 is 0 Å². The van der Waals surface area contributed by atoms with Crippen molar-refractivity contribution in [2.75, 3.05) is 11.4 Å². The summed E-state index contributed by atoms with van der Waals surface area (Å²) in [6.45, 7) is 0.982. The van der Waals surface area contributed by atoms with Gasteiger partial charge in [0.05, 0.1) is 11.6 Å². The highest BCUT2D eigenvalue weighted by molar-refractivity contribution is 5.91. The van der Waals surface area contributed by atoms with Crippen molar-refractivity contribution in [1.29, 1.82) is 0 Å². The second kappa shape index (κ2) is 6.76. The molecule has 0 amide bonds. The molecule has 0 radical (unpaired) electrons. The highest BCUT2D eigenvalue weighted by atomic mass is 15.2. The summed E-state index contributed by atoms with van der Waals surface area (Å²) < 4.78 is 0. The van der Waals surface area contributed by atoms with E-state index in [0.717, 1.165) is 47.5 Å². The van der Waals surface area contributed by atoms with Gasteiger partial charge in [-0.1, -0.05) is 18.2 Å². The number of para-hydroxylation sites is 1. The van der Waals surface area contributed by atoms with E-state index in [0.29, 0.717) is 6.04 Å². The maximum Gasteiger partial charge on any atom is 0.162 e. The highest BCUT2D eigenvalue weighted by Gasteiger charge is 2.29. The van der Waals surface area contributed by atoms with Crippen LogP contribution in [0.15, 0.2) is 73.3 Å². The smallest absolute Gasteiger partial charge is 0.162 e. The second-order valence-electron chi connectivity index (χ2n) is 6.76. The number of rotatable bonds is 3. The zero-order valence-corrected chi connectivity index (χ0v) is 14.9.